The Labute approximate surface area is 282 Å². The van der Waals surface area contributed by atoms with Crippen LogP contribution in [0.25, 0.3) is 0 Å². The van der Waals surface area contributed by atoms with Gasteiger partial charge in [-0.3, -0.25) is 9.59 Å². The Morgan fingerprint density at radius 3 is 2.54 bits per heavy atom. The van der Waals surface area contributed by atoms with Crippen LogP contribution >= 0.6 is 0 Å². The molecule has 1 aliphatic heterocycles. The maximum Gasteiger partial charge on any atom is 0.321 e. The smallest absolute Gasteiger partial charge is 0.321 e. The monoisotopic (exact) mass is 663 g/mol. The third kappa shape index (κ3) is 9.80. The maximum atomic E-state index is 14.4. The molecule has 12 nitrogen and oxygen atoms in total. The zero-order chi connectivity index (χ0) is 34.8. The van der Waals surface area contributed by atoms with E-state index in [4.69, 9.17) is 14.0 Å². The number of carbonyl (C=O) groups is 3. The van der Waals surface area contributed by atoms with Crippen LogP contribution in [0.1, 0.15) is 67.4 Å². The number of amides is 4. The number of likely N-dealkylation sites (N-methyl/N-ethyl adjacent to an activating group) is 1. The molecule has 2 heterocycles. The van der Waals surface area contributed by atoms with Gasteiger partial charge in [-0.15, -0.1) is 0 Å². The molecule has 260 valence electrons. The summed E-state index contributed by atoms with van der Waals surface area (Å²) in [5.41, 5.74) is 2.75. The van der Waals surface area contributed by atoms with E-state index in [1.807, 2.05) is 44.2 Å². The van der Waals surface area contributed by atoms with Crippen LogP contribution in [-0.2, 0) is 16.0 Å². The Morgan fingerprint density at radius 2 is 1.85 bits per heavy atom. The van der Waals surface area contributed by atoms with Gasteiger partial charge in [-0.25, -0.2) is 4.79 Å². The Hall–Kier alpha value is -4.42. The minimum atomic E-state index is -0.532. The number of fused-ring (bicyclic) bond motifs is 1. The molecular weight excluding hydrogens is 614 g/mol. The predicted molar refractivity (Wildman–Crippen MR) is 183 cm³/mol. The van der Waals surface area contributed by atoms with Crippen LogP contribution in [0.15, 0.2) is 53.1 Å². The van der Waals surface area contributed by atoms with E-state index in [1.165, 1.54) is 0 Å². The third-order valence-electron chi connectivity index (χ3n) is 8.61. The van der Waals surface area contributed by atoms with Crippen molar-refractivity contribution in [3.05, 3.63) is 71.1 Å². The lowest BCUT2D eigenvalue weighted by Gasteiger charge is -2.35. The summed E-state index contributed by atoms with van der Waals surface area (Å²) in [4.78, 5) is 43.6. The van der Waals surface area contributed by atoms with Crippen LogP contribution in [0, 0.1) is 19.8 Å². The van der Waals surface area contributed by atoms with Crippen LogP contribution in [0.5, 0.6) is 5.75 Å². The van der Waals surface area contributed by atoms with Gasteiger partial charge in [-0.1, -0.05) is 42.4 Å². The van der Waals surface area contributed by atoms with Gasteiger partial charge in [-0.2, -0.15) is 0 Å². The topological polar surface area (TPSA) is 146 Å². The normalized spacial score (nSPS) is 19.8. The molecule has 4 atom stereocenters. The fraction of sp³-hybridized carbons (Fsp3) is 0.500. The second kappa shape index (κ2) is 17.1. The Kier molecular flexibility index (Phi) is 13.0. The van der Waals surface area contributed by atoms with E-state index in [-0.39, 0.29) is 61.5 Å². The fourth-order valence-electron chi connectivity index (χ4n) is 5.67. The minimum absolute atomic E-state index is 0.185. The fourth-order valence-corrected chi connectivity index (χ4v) is 5.67. The maximum absolute atomic E-state index is 14.4. The van der Waals surface area contributed by atoms with Crippen molar-refractivity contribution in [2.75, 3.05) is 44.0 Å². The lowest BCUT2D eigenvalue weighted by atomic mass is 10.0. The van der Waals surface area contributed by atoms with Crippen molar-refractivity contribution in [2.24, 2.45) is 5.92 Å². The van der Waals surface area contributed by atoms with Crippen molar-refractivity contribution in [1.29, 1.82) is 0 Å². The average molecular weight is 664 g/mol. The molecule has 3 N–H and O–H groups in total. The number of ether oxygens (including phenoxy) is 2. The van der Waals surface area contributed by atoms with Crippen LogP contribution in [0.2, 0.25) is 0 Å². The number of benzene rings is 2. The standard InChI is InChI=1S/C36H49N5O7/c1-23-20-41(24(2)22-42)35(44)30-19-29(37-33(43)18-28-13-8-7-9-14-28)15-16-31(30)47-25(3)12-10-11-17-46-32(23)21-40(6)36(45)38-34-26(4)39-48-27(34)5/h7-9,13-16,19,23-25,32,42H,10-12,17-18,20-22H2,1-6H3,(H,37,43)(H,38,45)/t23-,24+,25+,32+/m0/s1. The highest BCUT2D eigenvalue weighted by Crippen LogP contribution is 2.29. The summed E-state index contributed by atoms with van der Waals surface area (Å²) >= 11 is 0. The third-order valence-corrected chi connectivity index (χ3v) is 8.61. The first-order chi connectivity index (χ1) is 23.0. The number of aliphatic hydroxyl groups excluding tert-OH is 1. The van der Waals surface area contributed by atoms with E-state index in [1.54, 1.807) is 55.8 Å². The van der Waals surface area contributed by atoms with Crippen LogP contribution < -0.4 is 15.4 Å². The summed E-state index contributed by atoms with van der Waals surface area (Å²) in [5.74, 6) is 0.154. The molecule has 0 fully saturated rings. The molecule has 0 saturated heterocycles. The summed E-state index contributed by atoms with van der Waals surface area (Å²) in [7, 11) is 1.69. The number of nitrogens with zero attached hydrogens (tertiary/aromatic N) is 3. The second-order valence-corrected chi connectivity index (χ2v) is 12.7. The summed E-state index contributed by atoms with van der Waals surface area (Å²) < 4.78 is 17.8. The van der Waals surface area contributed by atoms with Crippen molar-refractivity contribution in [3.63, 3.8) is 0 Å². The molecule has 48 heavy (non-hydrogen) atoms. The van der Waals surface area contributed by atoms with Crippen LogP contribution in [-0.4, -0.2) is 89.5 Å². The van der Waals surface area contributed by atoms with Crippen LogP contribution in [0.4, 0.5) is 16.2 Å². The van der Waals surface area contributed by atoms with Crippen molar-refractivity contribution in [2.45, 2.75) is 78.6 Å². The van der Waals surface area contributed by atoms with Crippen LogP contribution in [0.3, 0.4) is 0 Å². The molecule has 12 heteroatoms. The highest BCUT2D eigenvalue weighted by Gasteiger charge is 2.31. The number of aryl methyl sites for hydroxylation is 2. The lowest BCUT2D eigenvalue weighted by Crippen LogP contribution is -2.48. The Bertz CT molecular complexity index is 1510. The Morgan fingerprint density at radius 1 is 1.10 bits per heavy atom. The molecule has 0 spiro atoms. The molecule has 3 aromatic rings. The summed E-state index contributed by atoms with van der Waals surface area (Å²) in [6.07, 6.45) is 1.97. The van der Waals surface area contributed by atoms with Gasteiger partial charge in [0.25, 0.3) is 5.91 Å². The van der Waals surface area contributed by atoms with Gasteiger partial charge in [0.2, 0.25) is 5.91 Å². The molecule has 4 rings (SSSR count). The molecule has 2 aromatic carbocycles. The molecule has 0 unspecified atom stereocenters. The molecule has 1 aliphatic rings. The van der Waals surface area contributed by atoms with E-state index < -0.39 is 12.1 Å². The van der Waals surface area contributed by atoms with Gasteiger partial charge in [0.15, 0.2) is 5.76 Å². The molecular formula is C36H49N5O7. The number of carbonyl (C=O) groups excluding carboxylic acids is 3. The summed E-state index contributed by atoms with van der Waals surface area (Å²) in [6.45, 7) is 9.93. The number of hydrogen-bond acceptors (Lipinski definition) is 8. The average Bonchev–Trinajstić information content (AvgIpc) is 3.38. The zero-order valence-electron chi connectivity index (χ0n) is 28.8. The SMILES string of the molecule is Cc1noc(C)c1NC(=O)N(C)C[C@H]1OCCCC[C@@H](C)Oc2ccc(NC(=O)Cc3ccccc3)cc2C(=O)N([C@H](C)CO)C[C@@H]1C. The van der Waals surface area contributed by atoms with E-state index in [0.29, 0.717) is 35.2 Å². The largest absolute Gasteiger partial charge is 0.490 e. The second-order valence-electron chi connectivity index (χ2n) is 12.7. The number of rotatable bonds is 8. The number of hydrogen-bond donors (Lipinski definition) is 3. The Balaban J connectivity index is 1.58. The van der Waals surface area contributed by atoms with Gasteiger partial charge in [-0.05, 0) is 70.7 Å². The minimum Gasteiger partial charge on any atom is -0.490 e. The van der Waals surface area contributed by atoms with E-state index in [0.717, 1.165) is 24.8 Å². The number of anilines is 2. The number of aromatic nitrogens is 1. The van der Waals surface area contributed by atoms with Gasteiger partial charge < -0.3 is 39.5 Å². The first-order valence-electron chi connectivity index (χ1n) is 16.6. The quantitative estimate of drug-likeness (QED) is 0.289. The predicted octanol–water partition coefficient (Wildman–Crippen LogP) is 5.43. The molecule has 0 radical (unpaired) electrons. The van der Waals surface area contributed by atoms with E-state index in [9.17, 15) is 19.5 Å². The van der Waals surface area contributed by atoms with Crippen molar-refractivity contribution in [3.8, 4) is 5.75 Å². The van der Waals surface area contributed by atoms with Gasteiger partial charge >= 0.3 is 6.03 Å². The highest BCUT2D eigenvalue weighted by molar-refractivity contribution is 6.00. The first-order valence-corrected chi connectivity index (χ1v) is 16.6. The van der Waals surface area contributed by atoms with Crippen molar-refractivity contribution < 1.29 is 33.5 Å². The van der Waals surface area contributed by atoms with Gasteiger partial charge in [0, 0.05) is 38.3 Å². The summed E-state index contributed by atoms with van der Waals surface area (Å²) in [5, 5.41) is 19.9. The lowest BCUT2D eigenvalue weighted by molar-refractivity contribution is -0.115. The molecule has 1 aromatic heterocycles. The van der Waals surface area contributed by atoms with Gasteiger partial charge in [0.1, 0.15) is 17.1 Å². The number of aliphatic hydroxyl groups is 1. The summed E-state index contributed by atoms with van der Waals surface area (Å²) in [6, 6.07) is 13.7. The first kappa shape index (κ1) is 36.4. The number of urea groups is 1. The van der Waals surface area contributed by atoms with E-state index in [2.05, 4.69) is 15.8 Å². The van der Waals surface area contributed by atoms with Crippen molar-refractivity contribution >= 4 is 29.2 Å². The zero-order valence-corrected chi connectivity index (χ0v) is 28.8. The molecule has 4 amide bonds. The number of nitrogens with one attached hydrogen (secondary N) is 2. The van der Waals surface area contributed by atoms with Crippen molar-refractivity contribution in [1.82, 2.24) is 15.0 Å². The molecule has 0 bridgehead atoms. The van der Waals surface area contributed by atoms with Gasteiger partial charge in [0.05, 0.1) is 36.8 Å². The highest BCUT2D eigenvalue weighted by atomic mass is 16.5. The molecule has 0 saturated carbocycles. The molecule has 0 aliphatic carbocycles. The van der Waals surface area contributed by atoms with E-state index >= 15 is 0 Å².